The van der Waals surface area contributed by atoms with Gasteiger partial charge in [0.05, 0.1) is 19.1 Å². The first-order valence-electron chi connectivity index (χ1n) is 12.4. The molecule has 3 heterocycles. The van der Waals surface area contributed by atoms with Gasteiger partial charge in [-0.3, -0.25) is 19.3 Å². The van der Waals surface area contributed by atoms with Gasteiger partial charge in [0.15, 0.2) is 10.7 Å². The smallest absolute Gasteiger partial charge is 0.296 e. The SMILES string of the molecule is COc1cccc(OC)c1-n1c(-c2cncc(C)c2)nc(=O)c(S(=O)(=O)c2ccc(-c3cccnc3C)cc2)c1O. The number of aromatic nitrogens is 4. The molecule has 41 heavy (non-hydrogen) atoms. The summed E-state index contributed by atoms with van der Waals surface area (Å²) in [5, 5.41) is 11.6. The standard InChI is InChI=1S/C30H26N4O6S/c1-18-15-21(17-31-16-18)28-33-29(35)27(30(36)34(28)26-24(39-3)8-5-9-25(26)40-4)41(37,38)22-12-10-20(11-13-22)23-7-6-14-32-19(23)2/h5-17,36H,1-4H3. The zero-order chi connectivity index (χ0) is 29.3. The molecule has 0 bridgehead atoms. The van der Waals surface area contributed by atoms with Crippen molar-refractivity contribution in [3.8, 4) is 45.6 Å². The van der Waals surface area contributed by atoms with E-state index in [0.29, 0.717) is 5.56 Å². The van der Waals surface area contributed by atoms with Crippen molar-refractivity contribution >= 4 is 9.84 Å². The van der Waals surface area contributed by atoms with Crippen LogP contribution in [0, 0.1) is 13.8 Å². The molecule has 0 amide bonds. The number of aryl methyl sites for hydroxylation is 2. The third-order valence-electron chi connectivity index (χ3n) is 6.54. The van der Waals surface area contributed by atoms with Crippen LogP contribution in [0.3, 0.4) is 0 Å². The molecule has 0 spiro atoms. The molecule has 5 rings (SSSR count). The van der Waals surface area contributed by atoms with Gasteiger partial charge in [0.25, 0.3) is 5.56 Å². The Morgan fingerprint density at radius 3 is 2.17 bits per heavy atom. The number of hydrogen-bond donors (Lipinski definition) is 1. The molecule has 0 fully saturated rings. The molecule has 2 aromatic carbocycles. The van der Waals surface area contributed by atoms with Crippen LogP contribution in [0.5, 0.6) is 17.4 Å². The van der Waals surface area contributed by atoms with E-state index in [2.05, 4.69) is 15.0 Å². The highest BCUT2D eigenvalue weighted by Gasteiger charge is 2.32. The summed E-state index contributed by atoms with van der Waals surface area (Å²) in [6, 6.07) is 16.3. The zero-order valence-corrected chi connectivity index (χ0v) is 23.5. The topological polar surface area (TPSA) is 134 Å². The second kappa shape index (κ2) is 10.9. The maximum absolute atomic E-state index is 13.9. The van der Waals surface area contributed by atoms with Crippen LogP contribution in [0.4, 0.5) is 0 Å². The molecule has 0 radical (unpaired) electrons. The zero-order valence-electron chi connectivity index (χ0n) is 22.7. The first-order chi connectivity index (χ1) is 19.7. The van der Waals surface area contributed by atoms with Crippen molar-refractivity contribution < 1.29 is 23.0 Å². The molecule has 0 atom stereocenters. The van der Waals surface area contributed by atoms with Gasteiger partial charge in [-0.2, -0.15) is 4.98 Å². The minimum absolute atomic E-state index is 0.0483. The lowest BCUT2D eigenvalue weighted by molar-refractivity contribution is 0.378. The van der Waals surface area contributed by atoms with E-state index in [1.54, 1.807) is 61.8 Å². The van der Waals surface area contributed by atoms with Gasteiger partial charge in [-0.1, -0.05) is 24.3 Å². The van der Waals surface area contributed by atoms with Crippen LogP contribution < -0.4 is 15.0 Å². The lowest BCUT2D eigenvalue weighted by atomic mass is 10.1. The fraction of sp³-hybridized carbons (Fsp3) is 0.133. The number of hydrogen-bond acceptors (Lipinski definition) is 9. The van der Waals surface area contributed by atoms with Crippen LogP contribution in [-0.2, 0) is 9.84 Å². The number of ether oxygens (including phenoxy) is 2. The number of aromatic hydroxyl groups is 1. The Bertz CT molecular complexity index is 1910. The molecular weight excluding hydrogens is 544 g/mol. The Kier molecular flexibility index (Phi) is 7.29. The summed E-state index contributed by atoms with van der Waals surface area (Å²) in [7, 11) is -1.71. The lowest BCUT2D eigenvalue weighted by Crippen LogP contribution is -2.23. The summed E-state index contributed by atoms with van der Waals surface area (Å²) >= 11 is 0. The molecule has 208 valence electrons. The molecule has 0 aliphatic rings. The molecule has 0 saturated heterocycles. The van der Waals surface area contributed by atoms with Crippen LogP contribution in [0.2, 0.25) is 0 Å². The van der Waals surface area contributed by atoms with Crippen LogP contribution in [0.15, 0.2) is 93.8 Å². The van der Waals surface area contributed by atoms with Crippen molar-refractivity contribution in [1.82, 2.24) is 19.5 Å². The summed E-state index contributed by atoms with van der Waals surface area (Å²) in [4.78, 5) is 24.9. The minimum Gasteiger partial charge on any atom is -0.494 e. The number of pyridine rings is 2. The van der Waals surface area contributed by atoms with Gasteiger partial charge in [-0.25, -0.2) is 8.42 Å². The summed E-state index contributed by atoms with van der Waals surface area (Å²) in [6.45, 7) is 3.65. The summed E-state index contributed by atoms with van der Waals surface area (Å²) in [5.74, 6) is -0.414. The molecule has 5 aromatic rings. The predicted molar refractivity (Wildman–Crippen MR) is 152 cm³/mol. The van der Waals surface area contributed by atoms with E-state index in [9.17, 15) is 18.3 Å². The van der Waals surface area contributed by atoms with Gasteiger partial charge >= 0.3 is 0 Å². The summed E-state index contributed by atoms with van der Waals surface area (Å²) in [6.07, 6.45) is 4.75. The largest absolute Gasteiger partial charge is 0.494 e. The molecule has 0 aliphatic carbocycles. The van der Waals surface area contributed by atoms with Crippen LogP contribution in [-0.4, -0.2) is 47.3 Å². The van der Waals surface area contributed by atoms with Crippen molar-refractivity contribution in [3.05, 3.63) is 101 Å². The van der Waals surface area contributed by atoms with E-state index < -0.39 is 26.2 Å². The Morgan fingerprint density at radius 2 is 1.56 bits per heavy atom. The van der Waals surface area contributed by atoms with Crippen LogP contribution in [0.1, 0.15) is 11.3 Å². The minimum atomic E-state index is -4.54. The van der Waals surface area contributed by atoms with E-state index in [4.69, 9.17) is 9.47 Å². The maximum atomic E-state index is 13.9. The molecule has 0 unspecified atom stereocenters. The van der Waals surface area contributed by atoms with Gasteiger partial charge < -0.3 is 14.6 Å². The van der Waals surface area contributed by atoms with Crippen molar-refractivity contribution in [2.24, 2.45) is 0 Å². The van der Waals surface area contributed by atoms with E-state index in [0.717, 1.165) is 27.0 Å². The van der Waals surface area contributed by atoms with Gasteiger partial charge in [-0.05, 0) is 61.4 Å². The van der Waals surface area contributed by atoms with E-state index in [1.807, 2.05) is 13.0 Å². The number of nitrogens with zero attached hydrogens (tertiary/aromatic N) is 4. The van der Waals surface area contributed by atoms with Crippen LogP contribution >= 0.6 is 0 Å². The molecular formula is C30H26N4O6S. The van der Waals surface area contributed by atoms with Crippen LogP contribution in [0.25, 0.3) is 28.2 Å². The van der Waals surface area contributed by atoms with Gasteiger partial charge in [0, 0.05) is 35.4 Å². The Hall–Kier alpha value is -5.03. The number of rotatable bonds is 7. The normalized spacial score (nSPS) is 11.3. The Labute approximate surface area is 236 Å². The Balaban J connectivity index is 1.78. The molecule has 1 N–H and O–H groups in total. The lowest BCUT2D eigenvalue weighted by Gasteiger charge is -2.21. The van der Waals surface area contributed by atoms with E-state index in [1.165, 1.54) is 32.5 Å². The highest BCUT2D eigenvalue weighted by Crippen LogP contribution is 2.40. The fourth-order valence-electron chi connectivity index (χ4n) is 4.59. The number of benzene rings is 2. The first kappa shape index (κ1) is 27.5. The third-order valence-corrected chi connectivity index (χ3v) is 8.33. The number of methoxy groups -OCH3 is 2. The summed E-state index contributed by atoms with van der Waals surface area (Å²) < 4.78 is 40.0. The Morgan fingerprint density at radius 1 is 0.878 bits per heavy atom. The number of para-hydroxylation sites is 1. The second-order valence-electron chi connectivity index (χ2n) is 9.15. The molecule has 3 aromatic heterocycles. The van der Waals surface area contributed by atoms with E-state index >= 15 is 0 Å². The fourth-order valence-corrected chi connectivity index (χ4v) is 5.92. The quantitative estimate of drug-likeness (QED) is 0.300. The first-order valence-corrected chi connectivity index (χ1v) is 13.9. The van der Waals surface area contributed by atoms with Crippen molar-refractivity contribution in [2.75, 3.05) is 14.2 Å². The monoisotopic (exact) mass is 570 g/mol. The average molecular weight is 571 g/mol. The molecule has 11 heteroatoms. The van der Waals surface area contributed by atoms with Gasteiger partial charge in [-0.15, -0.1) is 0 Å². The molecule has 0 saturated carbocycles. The van der Waals surface area contributed by atoms with Gasteiger partial charge in [0.2, 0.25) is 15.7 Å². The van der Waals surface area contributed by atoms with Crippen molar-refractivity contribution in [1.29, 1.82) is 0 Å². The third kappa shape index (κ3) is 4.91. The second-order valence-corrected chi connectivity index (χ2v) is 11.0. The molecule has 10 nitrogen and oxygen atoms in total. The average Bonchev–Trinajstić information content (AvgIpc) is 2.97. The summed E-state index contributed by atoms with van der Waals surface area (Å²) in [5.41, 5.74) is 2.51. The van der Waals surface area contributed by atoms with Gasteiger partial charge in [0.1, 0.15) is 17.2 Å². The van der Waals surface area contributed by atoms with E-state index in [-0.39, 0.29) is 27.9 Å². The highest BCUT2D eigenvalue weighted by atomic mass is 32.2. The molecule has 0 aliphatic heterocycles. The van der Waals surface area contributed by atoms with Crippen molar-refractivity contribution in [3.63, 3.8) is 0 Å². The highest BCUT2D eigenvalue weighted by molar-refractivity contribution is 7.91. The number of sulfone groups is 1. The van der Waals surface area contributed by atoms with Crippen molar-refractivity contribution in [2.45, 2.75) is 23.6 Å². The predicted octanol–water partition coefficient (Wildman–Crippen LogP) is 4.53. The maximum Gasteiger partial charge on any atom is 0.296 e.